The highest BCUT2D eigenvalue weighted by Gasteiger charge is 2.36. The van der Waals surface area contributed by atoms with Gasteiger partial charge in [0.05, 0.1) is 34.3 Å². The van der Waals surface area contributed by atoms with Gasteiger partial charge >= 0.3 is 0 Å². The molecule has 1 saturated heterocycles. The molecule has 1 aliphatic carbocycles. The first kappa shape index (κ1) is 21.8. The summed E-state index contributed by atoms with van der Waals surface area (Å²) in [7, 11) is 1.71. The predicted molar refractivity (Wildman–Crippen MR) is 133 cm³/mol. The fraction of sp³-hybridized carbons (Fsp3) is 0.417. The molecule has 8 nitrogen and oxygen atoms in total. The maximum atomic E-state index is 13.4. The van der Waals surface area contributed by atoms with Crippen LogP contribution in [0, 0.1) is 5.92 Å². The van der Waals surface area contributed by atoms with Crippen LogP contribution in [0.5, 0.6) is 0 Å². The van der Waals surface area contributed by atoms with Gasteiger partial charge in [0.2, 0.25) is 5.91 Å². The first-order chi connectivity index (χ1) is 16.6. The number of rotatable bonds is 5. The number of carbonyl (C=O) groups excluding carboxylic acids is 1. The van der Waals surface area contributed by atoms with Crippen molar-refractivity contribution >= 4 is 56.1 Å². The summed E-state index contributed by atoms with van der Waals surface area (Å²) in [5, 5.41) is 9.26. The third kappa shape index (κ3) is 3.72. The Balaban J connectivity index is 1.29. The number of pyridine rings is 1. The topological polar surface area (TPSA) is 84.6 Å². The van der Waals surface area contributed by atoms with Gasteiger partial charge in [-0.15, -0.1) is 11.3 Å². The van der Waals surface area contributed by atoms with Crippen molar-refractivity contribution < 1.29 is 9.53 Å². The van der Waals surface area contributed by atoms with Crippen LogP contribution in [0.4, 0.5) is 11.5 Å². The number of carbonyl (C=O) groups is 1. The summed E-state index contributed by atoms with van der Waals surface area (Å²) >= 11 is 8.19. The number of nitrogens with zero attached hydrogens (tertiary/aromatic N) is 5. The van der Waals surface area contributed by atoms with E-state index in [1.807, 2.05) is 17.0 Å². The quantitative estimate of drug-likeness (QED) is 0.438. The smallest absolute Gasteiger partial charge is 0.226 e. The average Bonchev–Trinajstić information content (AvgIpc) is 3.57. The molecule has 2 aliphatic rings. The van der Waals surface area contributed by atoms with Gasteiger partial charge < -0.3 is 15.0 Å². The number of methoxy groups -OCH3 is 1. The van der Waals surface area contributed by atoms with Crippen molar-refractivity contribution in [3.05, 3.63) is 46.3 Å². The van der Waals surface area contributed by atoms with Gasteiger partial charge in [0.1, 0.15) is 17.0 Å². The standard InChI is InChI=1S/C24H25ClN6O2S/c1-33-12-16-3-2-8-30(16)24(32)14-4-5-17-20(9-14)34-23-21(17)22(26-13-27-23)29-19-10-15-6-7-28-31(15)11-18(19)25/h6-7,10-11,13-14,16H,2-5,8-9,12H2,1H3,(H,26,27,29)/t14-,16+/m0/s1. The van der Waals surface area contributed by atoms with Gasteiger partial charge in [0.25, 0.3) is 0 Å². The fourth-order valence-electron chi connectivity index (χ4n) is 5.31. The summed E-state index contributed by atoms with van der Waals surface area (Å²) in [6, 6.07) is 4.10. The van der Waals surface area contributed by atoms with Gasteiger partial charge in [-0.1, -0.05) is 11.6 Å². The van der Waals surface area contributed by atoms with E-state index in [2.05, 4.69) is 20.4 Å². The lowest BCUT2D eigenvalue weighted by molar-refractivity contribution is -0.137. The van der Waals surface area contributed by atoms with E-state index in [9.17, 15) is 4.79 Å². The molecule has 10 heteroatoms. The van der Waals surface area contributed by atoms with Gasteiger partial charge in [-0.3, -0.25) is 4.79 Å². The lowest BCUT2D eigenvalue weighted by atomic mass is 9.86. The minimum absolute atomic E-state index is 0.0149. The molecule has 0 saturated carbocycles. The van der Waals surface area contributed by atoms with Crippen molar-refractivity contribution in [3.8, 4) is 0 Å². The van der Waals surface area contributed by atoms with Gasteiger partial charge in [-0.25, -0.2) is 14.5 Å². The van der Waals surface area contributed by atoms with Gasteiger partial charge in [-0.2, -0.15) is 5.10 Å². The maximum absolute atomic E-state index is 13.4. The van der Waals surface area contributed by atoms with Crippen molar-refractivity contribution in [2.24, 2.45) is 5.92 Å². The van der Waals surface area contributed by atoms with E-state index in [-0.39, 0.29) is 17.9 Å². The molecule has 34 heavy (non-hydrogen) atoms. The zero-order valence-corrected chi connectivity index (χ0v) is 20.4. The van der Waals surface area contributed by atoms with Crippen LogP contribution in [0.25, 0.3) is 15.7 Å². The summed E-state index contributed by atoms with van der Waals surface area (Å²) in [6.45, 7) is 1.45. The number of ether oxygens (including phenoxy) is 1. The third-order valence-corrected chi connectivity index (χ3v) is 8.42. The van der Waals surface area contributed by atoms with Crippen molar-refractivity contribution in [1.82, 2.24) is 24.5 Å². The highest BCUT2D eigenvalue weighted by Crippen LogP contribution is 2.41. The second-order valence-corrected chi connectivity index (χ2v) is 10.5. The second kappa shape index (κ2) is 8.79. The van der Waals surface area contributed by atoms with Crippen molar-refractivity contribution in [2.75, 3.05) is 25.6 Å². The number of thiophene rings is 1. The SMILES string of the molecule is COC[C@H]1CCCN1C(=O)[C@H]1CCc2c(sc3ncnc(Nc4cc5ccnn5cc4Cl)c23)C1. The Bertz CT molecular complexity index is 1380. The third-order valence-electron chi connectivity index (χ3n) is 6.95. The number of halogens is 1. The number of fused-ring (bicyclic) bond motifs is 4. The summed E-state index contributed by atoms with van der Waals surface area (Å²) in [5.74, 6) is 1.03. The number of anilines is 2. The summed E-state index contributed by atoms with van der Waals surface area (Å²) in [4.78, 5) is 26.7. The van der Waals surface area contributed by atoms with E-state index in [1.54, 1.807) is 41.7 Å². The van der Waals surface area contributed by atoms with E-state index in [4.69, 9.17) is 16.3 Å². The monoisotopic (exact) mass is 496 g/mol. The molecule has 6 rings (SSSR count). The van der Waals surface area contributed by atoms with Crippen molar-refractivity contribution in [1.29, 1.82) is 0 Å². The zero-order chi connectivity index (χ0) is 23.2. The lowest BCUT2D eigenvalue weighted by Gasteiger charge is -2.30. The number of amides is 1. The van der Waals surface area contributed by atoms with E-state index in [0.29, 0.717) is 11.6 Å². The van der Waals surface area contributed by atoms with Gasteiger partial charge in [0.15, 0.2) is 0 Å². The largest absolute Gasteiger partial charge is 0.383 e. The van der Waals surface area contributed by atoms with Crippen LogP contribution in [0.3, 0.4) is 0 Å². The number of likely N-dealkylation sites (tertiary alicyclic amines) is 1. The fourth-order valence-corrected chi connectivity index (χ4v) is 6.77. The molecule has 1 fully saturated rings. The van der Waals surface area contributed by atoms with Crippen LogP contribution in [0.2, 0.25) is 5.02 Å². The molecule has 0 aromatic carbocycles. The average molecular weight is 497 g/mol. The lowest BCUT2D eigenvalue weighted by Crippen LogP contribution is -2.43. The Kier molecular flexibility index (Phi) is 5.63. The molecule has 4 aromatic rings. The number of hydrogen-bond donors (Lipinski definition) is 1. The minimum Gasteiger partial charge on any atom is -0.383 e. The highest BCUT2D eigenvalue weighted by molar-refractivity contribution is 7.19. The molecule has 0 radical (unpaired) electrons. The van der Waals surface area contributed by atoms with E-state index in [1.165, 1.54) is 10.4 Å². The number of aryl methyl sites for hydroxylation is 1. The van der Waals surface area contributed by atoms with Crippen LogP contribution in [-0.2, 0) is 22.4 Å². The molecule has 4 aromatic heterocycles. The van der Waals surface area contributed by atoms with Crippen LogP contribution in [-0.4, -0.2) is 56.7 Å². The minimum atomic E-state index is 0.0149. The van der Waals surface area contributed by atoms with Crippen molar-refractivity contribution in [2.45, 2.75) is 38.1 Å². The molecular formula is C24H25ClN6O2S. The first-order valence-electron chi connectivity index (χ1n) is 11.6. The molecule has 0 unspecified atom stereocenters. The zero-order valence-electron chi connectivity index (χ0n) is 18.8. The van der Waals surface area contributed by atoms with E-state index >= 15 is 0 Å². The Morgan fingerprint density at radius 3 is 3.15 bits per heavy atom. The molecule has 1 amide bonds. The van der Waals surface area contributed by atoms with Crippen molar-refractivity contribution in [3.63, 3.8) is 0 Å². The normalized spacial score (nSPS) is 20.2. The molecule has 2 atom stereocenters. The summed E-state index contributed by atoms with van der Waals surface area (Å²) < 4.78 is 7.09. The maximum Gasteiger partial charge on any atom is 0.226 e. The molecule has 1 N–H and O–H groups in total. The van der Waals surface area contributed by atoms with Gasteiger partial charge in [-0.05, 0) is 49.8 Å². The second-order valence-electron chi connectivity index (χ2n) is 8.99. The van der Waals surface area contributed by atoms with Crippen LogP contribution in [0.15, 0.2) is 30.9 Å². The van der Waals surface area contributed by atoms with Crippen LogP contribution in [0.1, 0.15) is 29.7 Å². The molecule has 176 valence electrons. The Morgan fingerprint density at radius 1 is 1.35 bits per heavy atom. The Labute approximate surface area is 205 Å². The molecule has 0 bridgehead atoms. The van der Waals surface area contributed by atoms with Crippen LogP contribution >= 0.6 is 22.9 Å². The van der Waals surface area contributed by atoms with E-state index < -0.39 is 0 Å². The summed E-state index contributed by atoms with van der Waals surface area (Å²) in [5.41, 5.74) is 2.97. The van der Waals surface area contributed by atoms with Crippen LogP contribution < -0.4 is 5.32 Å². The van der Waals surface area contributed by atoms with E-state index in [0.717, 1.165) is 65.9 Å². The number of nitrogens with one attached hydrogen (secondary N) is 1. The molecule has 0 spiro atoms. The molecule has 5 heterocycles. The predicted octanol–water partition coefficient (Wildman–Crippen LogP) is 4.48. The summed E-state index contributed by atoms with van der Waals surface area (Å²) in [6.07, 6.45) is 9.62. The van der Waals surface area contributed by atoms with Gasteiger partial charge in [0, 0.05) is 36.8 Å². The number of aromatic nitrogens is 4. The molecular weight excluding hydrogens is 472 g/mol. The first-order valence-corrected chi connectivity index (χ1v) is 12.8. The highest BCUT2D eigenvalue weighted by atomic mass is 35.5. The Morgan fingerprint density at radius 2 is 2.26 bits per heavy atom. The number of hydrogen-bond acceptors (Lipinski definition) is 7. The Hall–Kier alpha value is -2.75. The molecule has 1 aliphatic heterocycles.